The molecule has 0 atom stereocenters. The van der Waals surface area contributed by atoms with Gasteiger partial charge in [-0.25, -0.2) is 4.79 Å². The van der Waals surface area contributed by atoms with Gasteiger partial charge in [0, 0.05) is 16.2 Å². The van der Waals surface area contributed by atoms with E-state index in [2.05, 4.69) is 37.2 Å². The summed E-state index contributed by atoms with van der Waals surface area (Å²) >= 11 is 6.83. The monoisotopic (exact) mass is 511 g/mol. The third-order valence-electron chi connectivity index (χ3n) is 3.63. The van der Waals surface area contributed by atoms with Crippen molar-refractivity contribution in [1.82, 2.24) is 0 Å². The molecule has 0 aromatic heterocycles. The maximum Gasteiger partial charge on any atom is 0.328 e. The van der Waals surface area contributed by atoms with Gasteiger partial charge in [-0.05, 0) is 75.0 Å². The number of carbonyl (C=O) groups is 2. The van der Waals surface area contributed by atoms with Crippen LogP contribution in [0.15, 0.2) is 45.4 Å². The Morgan fingerprint density at radius 2 is 1.89 bits per heavy atom. The summed E-state index contributed by atoms with van der Waals surface area (Å²) in [6, 6.07) is 9.10. The second kappa shape index (κ2) is 10.3. The molecule has 0 heterocycles. The Balaban J connectivity index is 2.21. The van der Waals surface area contributed by atoms with E-state index in [0.717, 1.165) is 17.3 Å². The predicted molar refractivity (Wildman–Crippen MR) is 115 cm³/mol. The molecule has 2 aromatic rings. The highest BCUT2D eigenvalue weighted by Crippen LogP contribution is 2.43. The molecule has 28 heavy (non-hydrogen) atoms. The van der Waals surface area contributed by atoms with Gasteiger partial charge in [0.25, 0.3) is 5.91 Å². The van der Waals surface area contributed by atoms with Gasteiger partial charge in [0.05, 0.1) is 11.1 Å². The summed E-state index contributed by atoms with van der Waals surface area (Å²) in [4.78, 5) is 23.1. The van der Waals surface area contributed by atoms with E-state index in [-0.39, 0.29) is 12.5 Å². The van der Waals surface area contributed by atoms with Crippen LogP contribution in [0.4, 0.5) is 5.69 Å². The zero-order valence-corrected chi connectivity index (χ0v) is 18.5. The van der Waals surface area contributed by atoms with Gasteiger partial charge in [0.15, 0.2) is 18.1 Å². The van der Waals surface area contributed by atoms with Gasteiger partial charge >= 0.3 is 5.97 Å². The van der Waals surface area contributed by atoms with Crippen LogP contribution < -0.4 is 14.8 Å². The topological polar surface area (TPSA) is 84.9 Å². The summed E-state index contributed by atoms with van der Waals surface area (Å²) in [5.74, 6) is -0.628. The van der Waals surface area contributed by atoms with Crippen LogP contribution in [0, 0.1) is 6.92 Å². The number of halogens is 2. The van der Waals surface area contributed by atoms with Crippen LogP contribution in [0.3, 0.4) is 0 Å². The minimum atomic E-state index is -1.06. The average Bonchev–Trinajstić information content (AvgIpc) is 2.65. The van der Waals surface area contributed by atoms with Gasteiger partial charge in [0.1, 0.15) is 0 Å². The first-order chi connectivity index (χ1) is 13.3. The fraction of sp³-hybridized carbons (Fsp3) is 0.200. The quantitative estimate of drug-likeness (QED) is 0.484. The van der Waals surface area contributed by atoms with Gasteiger partial charge in [-0.15, -0.1) is 0 Å². The molecule has 2 rings (SSSR count). The van der Waals surface area contributed by atoms with Crippen LogP contribution in [0.1, 0.15) is 18.1 Å². The molecule has 0 saturated carbocycles. The molecule has 0 saturated heterocycles. The number of amides is 1. The first-order valence-corrected chi connectivity index (χ1v) is 9.96. The molecule has 1 amide bonds. The Kier molecular flexibility index (Phi) is 8.07. The van der Waals surface area contributed by atoms with E-state index in [0.29, 0.717) is 32.6 Å². The number of carbonyl (C=O) groups excluding carboxylic acids is 1. The second-order valence-corrected chi connectivity index (χ2v) is 7.26. The third kappa shape index (κ3) is 5.84. The predicted octanol–water partition coefficient (Wildman–Crippen LogP) is 5.03. The molecular formula is C20H19Br2NO5. The summed E-state index contributed by atoms with van der Waals surface area (Å²) in [6.45, 7) is 3.88. The lowest BCUT2D eigenvalue weighted by molar-refractivity contribution is -0.131. The van der Waals surface area contributed by atoms with E-state index < -0.39 is 5.97 Å². The highest BCUT2D eigenvalue weighted by atomic mass is 79.9. The zero-order chi connectivity index (χ0) is 20.7. The van der Waals surface area contributed by atoms with Crippen molar-refractivity contribution in [3.05, 3.63) is 56.5 Å². The summed E-state index contributed by atoms with van der Waals surface area (Å²) < 4.78 is 12.4. The first-order valence-electron chi connectivity index (χ1n) is 8.37. The van der Waals surface area contributed by atoms with Crippen LogP contribution in [0.25, 0.3) is 6.08 Å². The second-order valence-electron chi connectivity index (χ2n) is 5.68. The van der Waals surface area contributed by atoms with Crippen LogP contribution in [0.5, 0.6) is 11.5 Å². The molecule has 0 radical (unpaired) electrons. The van der Waals surface area contributed by atoms with E-state index in [1.165, 1.54) is 6.08 Å². The number of benzene rings is 2. The van der Waals surface area contributed by atoms with E-state index >= 15 is 0 Å². The maximum absolute atomic E-state index is 12.3. The SMILES string of the molecule is CCOc1cc(C=CC(=O)O)c(Br)c(Br)c1OCC(=O)Nc1ccccc1C. The van der Waals surface area contributed by atoms with Crippen molar-refractivity contribution in [2.75, 3.05) is 18.5 Å². The number of aliphatic carboxylic acids is 1. The smallest absolute Gasteiger partial charge is 0.328 e. The molecule has 0 spiro atoms. The first kappa shape index (κ1) is 22.0. The Morgan fingerprint density at radius 1 is 1.18 bits per heavy atom. The van der Waals surface area contributed by atoms with Gasteiger partial charge in [-0.2, -0.15) is 0 Å². The lowest BCUT2D eigenvalue weighted by Gasteiger charge is -2.16. The largest absolute Gasteiger partial charge is 0.490 e. The van der Waals surface area contributed by atoms with Crippen molar-refractivity contribution in [3.63, 3.8) is 0 Å². The molecule has 2 N–H and O–H groups in total. The third-order valence-corrected chi connectivity index (χ3v) is 5.77. The van der Waals surface area contributed by atoms with Gasteiger partial charge in [0.2, 0.25) is 0 Å². The molecule has 0 aliphatic carbocycles. The number of aryl methyl sites for hydroxylation is 1. The van der Waals surface area contributed by atoms with Crippen molar-refractivity contribution in [3.8, 4) is 11.5 Å². The number of ether oxygens (including phenoxy) is 2. The number of para-hydroxylation sites is 1. The van der Waals surface area contributed by atoms with Gasteiger partial charge < -0.3 is 19.9 Å². The van der Waals surface area contributed by atoms with Crippen molar-refractivity contribution in [2.24, 2.45) is 0 Å². The molecule has 0 unspecified atom stereocenters. The minimum Gasteiger partial charge on any atom is -0.490 e. The number of anilines is 1. The lowest BCUT2D eigenvalue weighted by atomic mass is 10.2. The minimum absolute atomic E-state index is 0.218. The summed E-state index contributed by atoms with van der Waals surface area (Å²) in [7, 11) is 0. The van der Waals surface area contributed by atoms with E-state index in [1.54, 1.807) is 6.07 Å². The number of nitrogens with one attached hydrogen (secondary N) is 1. The van der Waals surface area contributed by atoms with Crippen molar-refractivity contribution in [1.29, 1.82) is 0 Å². The highest BCUT2D eigenvalue weighted by molar-refractivity contribution is 9.13. The van der Waals surface area contributed by atoms with E-state index in [9.17, 15) is 9.59 Å². The zero-order valence-electron chi connectivity index (χ0n) is 15.3. The average molecular weight is 513 g/mol. The Hall–Kier alpha value is -2.32. The normalized spacial score (nSPS) is 10.7. The summed E-state index contributed by atoms with van der Waals surface area (Å²) in [5.41, 5.74) is 2.26. The molecule has 2 aromatic carbocycles. The molecule has 8 heteroatoms. The van der Waals surface area contributed by atoms with Crippen LogP contribution in [-0.4, -0.2) is 30.2 Å². The van der Waals surface area contributed by atoms with E-state index in [1.807, 2.05) is 38.1 Å². The fourth-order valence-electron chi connectivity index (χ4n) is 2.32. The summed E-state index contributed by atoms with van der Waals surface area (Å²) in [6.07, 6.45) is 2.47. The Bertz CT molecular complexity index is 912. The summed E-state index contributed by atoms with van der Waals surface area (Å²) in [5, 5.41) is 11.6. The van der Waals surface area contributed by atoms with Crippen molar-refractivity contribution in [2.45, 2.75) is 13.8 Å². The van der Waals surface area contributed by atoms with Crippen LogP contribution in [-0.2, 0) is 9.59 Å². The van der Waals surface area contributed by atoms with Crippen molar-refractivity contribution < 1.29 is 24.2 Å². The molecule has 0 fully saturated rings. The maximum atomic E-state index is 12.3. The molecular weight excluding hydrogens is 494 g/mol. The number of carboxylic acid groups (broad SMARTS) is 1. The number of hydrogen-bond acceptors (Lipinski definition) is 4. The fourth-order valence-corrected chi connectivity index (χ4v) is 3.29. The number of rotatable bonds is 8. The lowest BCUT2D eigenvalue weighted by Crippen LogP contribution is -2.21. The van der Waals surface area contributed by atoms with Crippen molar-refractivity contribution >= 4 is 55.5 Å². The van der Waals surface area contributed by atoms with E-state index in [4.69, 9.17) is 14.6 Å². The molecule has 0 aliphatic rings. The number of hydrogen-bond donors (Lipinski definition) is 2. The molecule has 6 nitrogen and oxygen atoms in total. The molecule has 0 bridgehead atoms. The Labute approximate surface area is 179 Å². The number of carboxylic acids is 1. The van der Waals surface area contributed by atoms with Gasteiger partial charge in [-0.3, -0.25) is 4.79 Å². The highest BCUT2D eigenvalue weighted by Gasteiger charge is 2.18. The standard InChI is InChI=1S/C20H19Br2NO5/c1-3-27-15-10-13(8-9-17(25)26)18(21)19(22)20(15)28-11-16(24)23-14-7-5-4-6-12(14)2/h4-10H,3,11H2,1-2H3,(H,23,24)(H,25,26). The van der Waals surface area contributed by atoms with Crippen LogP contribution in [0.2, 0.25) is 0 Å². The van der Waals surface area contributed by atoms with Crippen LogP contribution >= 0.6 is 31.9 Å². The Morgan fingerprint density at radius 3 is 2.54 bits per heavy atom. The molecule has 148 valence electrons. The van der Waals surface area contributed by atoms with Gasteiger partial charge in [-0.1, -0.05) is 18.2 Å². The molecule has 0 aliphatic heterocycles.